The summed E-state index contributed by atoms with van der Waals surface area (Å²) in [5, 5.41) is 3.10. The second-order valence-corrected chi connectivity index (χ2v) is 9.71. The second-order valence-electron chi connectivity index (χ2n) is 9.71. The number of rotatable bonds is 9. The van der Waals surface area contributed by atoms with Gasteiger partial charge in [-0.05, 0) is 67.5 Å². The van der Waals surface area contributed by atoms with Gasteiger partial charge < -0.3 is 14.8 Å². The van der Waals surface area contributed by atoms with Crippen LogP contribution in [0.5, 0.6) is 0 Å². The maximum absolute atomic E-state index is 12.6. The third kappa shape index (κ3) is 6.27. The average Bonchev–Trinajstić information content (AvgIpc) is 3.15. The summed E-state index contributed by atoms with van der Waals surface area (Å²) in [4.78, 5) is 28.9. The molecule has 4 rings (SSSR count). The predicted molar refractivity (Wildman–Crippen MR) is 136 cm³/mol. The summed E-state index contributed by atoms with van der Waals surface area (Å²) in [5.74, 6) is 0.113. The molecule has 6 nitrogen and oxygen atoms in total. The number of carbonyl (C=O) groups excluding carboxylic acids is 2. The van der Waals surface area contributed by atoms with E-state index in [-0.39, 0.29) is 24.4 Å². The normalized spacial score (nSPS) is 12.5. The molecule has 0 spiro atoms. The van der Waals surface area contributed by atoms with Crippen LogP contribution >= 0.6 is 0 Å². The van der Waals surface area contributed by atoms with Gasteiger partial charge in [-0.25, -0.2) is 4.98 Å². The van der Waals surface area contributed by atoms with E-state index in [2.05, 4.69) is 34.6 Å². The molecule has 0 bridgehead atoms. The molecule has 1 heterocycles. The van der Waals surface area contributed by atoms with Gasteiger partial charge in [0.25, 0.3) is 0 Å². The van der Waals surface area contributed by atoms with Crippen molar-refractivity contribution in [2.24, 2.45) is 0 Å². The fraction of sp³-hybridized carbons (Fsp3) is 0.345. The highest BCUT2D eigenvalue weighted by atomic mass is 16.6. The van der Waals surface area contributed by atoms with Crippen molar-refractivity contribution in [1.82, 2.24) is 4.98 Å². The first kappa shape index (κ1) is 24.5. The molecule has 0 unspecified atom stereocenters. The van der Waals surface area contributed by atoms with Crippen LogP contribution in [0.25, 0.3) is 11.1 Å². The summed E-state index contributed by atoms with van der Waals surface area (Å²) in [5.41, 5.74) is 5.24. The Kier molecular flexibility index (Phi) is 7.49. The lowest BCUT2D eigenvalue weighted by Crippen LogP contribution is -2.23. The fourth-order valence-corrected chi connectivity index (χ4v) is 4.44. The Balaban J connectivity index is 1.30. The second kappa shape index (κ2) is 10.7. The minimum atomic E-state index is -0.485. The topological polar surface area (TPSA) is 77.5 Å². The maximum atomic E-state index is 12.6. The smallest absolute Gasteiger partial charge is 0.325 e. The van der Waals surface area contributed by atoms with Gasteiger partial charge in [0.05, 0.1) is 0 Å². The number of carbonyl (C=O) groups is 2. The zero-order valence-corrected chi connectivity index (χ0v) is 20.5. The number of aryl methyl sites for hydroxylation is 1. The Morgan fingerprint density at radius 3 is 2.23 bits per heavy atom. The highest BCUT2D eigenvalue weighted by Crippen LogP contribution is 2.44. The van der Waals surface area contributed by atoms with E-state index >= 15 is 0 Å². The summed E-state index contributed by atoms with van der Waals surface area (Å²) in [7, 11) is 0. The van der Waals surface area contributed by atoms with Gasteiger partial charge in [-0.2, -0.15) is 0 Å². The van der Waals surface area contributed by atoms with Gasteiger partial charge in [0.1, 0.15) is 24.6 Å². The van der Waals surface area contributed by atoms with Crippen LogP contribution < -0.4 is 5.32 Å². The number of hydrogen-bond donors (Lipinski definition) is 1. The van der Waals surface area contributed by atoms with Crippen molar-refractivity contribution in [3.8, 4) is 11.1 Å². The van der Waals surface area contributed by atoms with Crippen LogP contribution in [0.3, 0.4) is 0 Å². The van der Waals surface area contributed by atoms with Crippen molar-refractivity contribution >= 4 is 17.8 Å². The number of hydrogen-bond acceptors (Lipinski definition) is 6. The number of benzene rings is 2. The first-order chi connectivity index (χ1) is 16.8. The van der Waals surface area contributed by atoms with Gasteiger partial charge in [-0.15, -0.1) is 0 Å². The van der Waals surface area contributed by atoms with E-state index in [4.69, 9.17) is 9.47 Å². The zero-order chi connectivity index (χ0) is 24.8. The van der Waals surface area contributed by atoms with Crippen molar-refractivity contribution in [2.75, 3.05) is 18.5 Å². The van der Waals surface area contributed by atoms with Crippen LogP contribution in [-0.4, -0.2) is 35.7 Å². The van der Waals surface area contributed by atoms with Gasteiger partial charge in [0.2, 0.25) is 0 Å². The molecule has 1 aromatic heterocycles. The third-order valence-electron chi connectivity index (χ3n) is 5.91. The van der Waals surface area contributed by atoms with Crippen molar-refractivity contribution in [3.05, 3.63) is 83.6 Å². The third-order valence-corrected chi connectivity index (χ3v) is 5.91. The highest BCUT2D eigenvalue weighted by Gasteiger charge is 2.29. The Morgan fingerprint density at radius 1 is 0.914 bits per heavy atom. The summed E-state index contributed by atoms with van der Waals surface area (Å²) < 4.78 is 11.0. The van der Waals surface area contributed by atoms with E-state index in [1.165, 1.54) is 22.3 Å². The van der Waals surface area contributed by atoms with E-state index in [0.717, 1.165) is 5.56 Å². The van der Waals surface area contributed by atoms with Crippen LogP contribution in [0.1, 0.15) is 56.2 Å². The Morgan fingerprint density at radius 2 is 1.57 bits per heavy atom. The Bertz CT molecular complexity index is 1150. The molecular weight excluding hydrogens is 440 g/mol. The Labute approximate surface area is 206 Å². The van der Waals surface area contributed by atoms with Crippen LogP contribution in [0.15, 0.2) is 66.9 Å². The van der Waals surface area contributed by atoms with E-state index in [1.807, 2.05) is 57.2 Å². The van der Waals surface area contributed by atoms with Crippen LogP contribution in [-0.2, 0) is 25.5 Å². The molecular formula is C29H32N2O4. The summed E-state index contributed by atoms with van der Waals surface area (Å²) in [6.45, 7) is 5.89. The number of esters is 2. The van der Waals surface area contributed by atoms with Gasteiger partial charge in [-0.1, -0.05) is 54.6 Å². The number of aromatic nitrogens is 1. The molecule has 0 amide bonds. The highest BCUT2D eigenvalue weighted by molar-refractivity contribution is 5.79. The molecule has 0 radical (unpaired) electrons. The van der Waals surface area contributed by atoms with Crippen molar-refractivity contribution in [3.63, 3.8) is 0 Å². The molecule has 182 valence electrons. The minimum absolute atomic E-state index is 0.0199. The maximum Gasteiger partial charge on any atom is 0.325 e. The van der Waals surface area contributed by atoms with Crippen molar-refractivity contribution in [1.29, 1.82) is 0 Å². The summed E-state index contributed by atoms with van der Waals surface area (Å²) >= 11 is 0. The lowest BCUT2D eigenvalue weighted by Gasteiger charge is -2.19. The SMILES string of the molecule is CC(C)(C)OC(=O)CCCc1cccnc1NCC(=O)OCC1c2ccccc2-c2ccccc21. The number of anilines is 1. The number of fused-ring (bicyclic) bond motifs is 3. The molecule has 3 aromatic rings. The fourth-order valence-electron chi connectivity index (χ4n) is 4.44. The first-order valence-electron chi connectivity index (χ1n) is 12.1. The molecule has 0 saturated heterocycles. The molecule has 1 N–H and O–H groups in total. The average molecular weight is 473 g/mol. The Hall–Kier alpha value is -3.67. The molecule has 2 aromatic carbocycles. The molecule has 6 heteroatoms. The number of ether oxygens (including phenoxy) is 2. The van der Waals surface area contributed by atoms with Crippen LogP contribution in [0.4, 0.5) is 5.82 Å². The van der Waals surface area contributed by atoms with Gasteiger partial charge in [-0.3, -0.25) is 9.59 Å². The van der Waals surface area contributed by atoms with Gasteiger partial charge in [0.15, 0.2) is 0 Å². The van der Waals surface area contributed by atoms with E-state index in [9.17, 15) is 9.59 Å². The standard InChI is InChI=1S/C29H32N2O4/c1-29(2,3)35-26(32)16-8-10-20-11-9-17-30-28(20)31-18-27(33)34-19-25-23-14-6-4-12-21(23)22-13-5-7-15-24(22)25/h4-7,9,11-15,17,25H,8,10,16,18-19H2,1-3H3,(H,30,31). The molecule has 1 aliphatic carbocycles. The van der Waals surface area contributed by atoms with Crippen LogP contribution in [0, 0.1) is 0 Å². The molecule has 1 aliphatic rings. The number of pyridine rings is 1. The van der Waals surface area contributed by atoms with Crippen molar-refractivity contribution < 1.29 is 19.1 Å². The van der Waals surface area contributed by atoms with Crippen LogP contribution in [0.2, 0.25) is 0 Å². The minimum Gasteiger partial charge on any atom is -0.463 e. The van der Waals surface area contributed by atoms with E-state index in [1.54, 1.807) is 6.20 Å². The summed E-state index contributed by atoms with van der Waals surface area (Å²) in [6, 6.07) is 20.3. The first-order valence-corrected chi connectivity index (χ1v) is 12.1. The number of nitrogens with zero attached hydrogens (tertiary/aromatic N) is 1. The zero-order valence-electron chi connectivity index (χ0n) is 20.5. The summed E-state index contributed by atoms with van der Waals surface area (Å²) in [6.07, 6.45) is 3.30. The quantitative estimate of drug-likeness (QED) is 0.414. The van der Waals surface area contributed by atoms with E-state index < -0.39 is 5.60 Å². The lowest BCUT2D eigenvalue weighted by molar-refractivity contribution is -0.154. The van der Waals surface area contributed by atoms with Gasteiger partial charge in [0, 0.05) is 18.5 Å². The largest absolute Gasteiger partial charge is 0.463 e. The molecule has 0 aliphatic heterocycles. The van der Waals surface area contributed by atoms with Crippen molar-refractivity contribution in [2.45, 2.75) is 51.6 Å². The monoisotopic (exact) mass is 472 g/mol. The van der Waals surface area contributed by atoms with E-state index in [0.29, 0.717) is 31.7 Å². The molecule has 0 atom stereocenters. The molecule has 35 heavy (non-hydrogen) atoms. The van der Waals surface area contributed by atoms with Gasteiger partial charge >= 0.3 is 11.9 Å². The lowest BCUT2D eigenvalue weighted by atomic mass is 9.98. The number of nitrogens with one attached hydrogen (secondary N) is 1. The predicted octanol–water partition coefficient (Wildman–Crippen LogP) is 5.51. The molecule has 0 fully saturated rings. The molecule has 0 saturated carbocycles.